The summed E-state index contributed by atoms with van der Waals surface area (Å²) in [6, 6.07) is 10.0. The predicted octanol–water partition coefficient (Wildman–Crippen LogP) is 5.00. The van der Waals surface area contributed by atoms with Gasteiger partial charge in [0.25, 0.3) is 0 Å². The molecule has 0 saturated carbocycles. The van der Waals surface area contributed by atoms with E-state index in [0.29, 0.717) is 42.3 Å². The van der Waals surface area contributed by atoms with Crippen LogP contribution in [0.3, 0.4) is 0 Å². The van der Waals surface area contributed by atoms with Crippen LogP contribution in [0, 0.1) is 10.1 Å². The van der Waals surface area contributed by atoms with E-state index in [-0.39, 0.29) is 11.4 Å². The maximum atomic E-state index is 11.6. The summed E-state index contributed by atoms with van der Waals surface area (Å²) < 4.78 is 16.6. The van der Waals surface area contributed by atoms with Crippen molar-refractivity contribution < 1.29 is 23.9 Å². The maximum absolute atomic E-state index is 11.6. The quantitative estimate of drug-likeness (QED) is 0.296. The van der Waals surface area contributed by atoms with E-state index in [1.165, 1.54) is 6.07 Å². The lowest BCUT2D eigenvalue weighted by Crippen LogP contribution is -2.17. The maximum Gasteiger partial charge on any atom is 0.409 e. The first-order valence-corrected chi connectivity index (χ1v) is 10.1. The second kappa shape index (κ2) is 11.6. The SMILES string of the molecule is CCCCOc1cc([N+](=O)[O-])c(OCCCC)cc1Cc1ccccc1OC(N)=O. The van der Waals surface area contributed by atoms with Crippen LogP contribution in [0.5, 0.6) is 17.2 Å². The van der Waals surface area contributed by atoms with Gasteiger partial charge in [-0.1, -0.05) is 44.9 Å². The van der Waals surface area contributed by atoms with Gasteiger partial charge in [0.2, 0.25) is 0 Å². The van der Waals surface area contributed by atoms with Crippen LogP contribution in [0.4, 0.5) is 10.5 Å². The summed E-state index contributed by atoms with van der Waals surface area (Å²) in [7, 11) is 0. The third-order valence-electron chi connectivity index (χ3n) is 4.41. The monoisotopic (exact) mass is 416 g/mol. The zero-order chi connectivity index (χ0) is 21.9. The molecule has 0 bridgehead atoms. The van der Waals surface area contributed by atoms with Crippen LogP contribution in [0.25, 0.3) is 0 Å². The standard InChI is InChI=1S/C22H28N2O6/c1-3-5-11-28-20-15-18(24(26)27)21(29-12-6-4-2)14-17(20)13-16-9-7-8-10-19(16)30-22(23)25/h7-10,14-15H,3-6,11-13H2,1-2H3,(H2,23,25). The lowest BCUT2D eigenvalue weighted by atomic mass is 10.0. The molecule has 8 nitrogen and oxygen atoms in total. The molecule has 30 heavy (non-hydrogen) atoms. The minimum absolute atomic E-state index is 0.136. The number of nitrogens with two attached hydrogens (primary N) is 1. The van der Waals surface area contributed by atoms with E-state index in [4.69, 9.17) is 19.9 Å². The molecule has 162 valence electrons. The number of hydrogen-bond acceptors (Lipinski definition) is 6. The van der Waals surface area contributed by atoms with Crippen molar-refractivity contribution in [3.05, 3.63) is 57.6 Å². The van der Waals surface area contributed by atoms with Crippen molar-refractivity contribution in [2.75, 3.05) is 13.2 Å². The minimum atomic E-state index is -0.908. The van der Waals surface area contributed by atoms with Gasteiger partial charge in [0.05, 0.1) is 24.2 Å². The lowest BCUT2D eigenvalue weighted by Gasteiger charge is -2.15. The zero-order valence-corrected chi connectivity index (χ0v) is 17.4. The number of primary amides is 1. The van der Waals surface area contributed by atoms with Gasteiger partial charge in [-0.3, -0.25) is 10.1 Å². The number of para-hydroxylation sites is 1. The van der Waals surface area contributed by atoms with Gasteiger partial charge in [-0.15, -0.1) is 0 Å². The summed E-state index contributed by atoms with van der Waals surface area (Å²) in [6.45, 7) is 4.88. The van der Waals surface area contributed by atoms with E-state index < -0.39 is 11.0 Å². The van der Waals surface area contributed by atoms with Gasteiger partial charge in [-0.2, -0.15) is 0 Å². The fourth-order valence-electron chi connectivity index (χ4n) is 2.84. The molecule has 0 aliphatic carbocycles. The van der Waals surface area contributed by atoms with E-state index >= 15 is 0 Å². The van der Waals surface area contributed by atoms with E-state index in [0.717, 1.165) is 25.7 Å². The number of rotatable bonds is 12. The van der Waals surface area contributed by atoms with Crippen LogP contribution in [0.2, 0.25) is 0 Å². The third-order valence-corrected chi connectivity index (χ3v) is 4.41. The summed E-state index contributed by atoms with van der Waals surface area (Å²) in [5.41, 5.74) is 6.42. The van der Waals surface area contributed by atoms with Gasteiger partial charge >= 0.3 is 11.8 Å². The molecule has 0 spiro atoms. The second-order valence-corrected chi connectivity index (χ2v) is 6.79. The van der Waals surface area contributed by atoms with Gasteiger partial charge in [-0.05, 0) is 30.5 Å². The van der Waals surface area contributed by atoms with Crippen LogP contribution >= 0.6 is 0 Å². The van der Waals surface area contributed by atoms with Crippen molar-refractivity contribution in [3.8, 4) is 17.2 Å². The average Bonchev–Trinajstić information content (AvgIpc) is 2.70. The molecule has 2 rings (SSSR count). The van der Waals surface area contributed by atoms with Crippen LogP contribution in [0.15, 0.2) is 36.4 Å². The first-order valence-electron chi connectivity index (χ1n) is 10.1. The fraction of sp³-hybridized carbons (Fsp3) is 0.409. The predicted molar refractivity (Wildman–Crippen MR) is 113 cm³/mol. The summed E-state index contributed by atoms with van der Waals surface area (Å²) in [5, 5.41) is 11.6. The fourth-order valence-corrected chi connectivity index (χ4v) is 2.84. The Bertz CT molecular complexity index is 869. The Morgan fingerprint density at radius 3 is 2.20 bits per heavy atom. The zero-order valence-electron chi connectivity index (χ0n) is 17.4. The Balaban J connectivity index is 2.44. The molecule has 8 heteroatoms. The average molecular weight is 416 g/mol. The van der Waals surface area contributed by atoms with Gasteiger partial charge in [-0.25, -0.2) is 4.79 Å². The molecule has 0 radical (unpaired) electrons. The molecule has 0 aliphatic heterocycles. The van der Waals surface area contributed by atoms with Crippen LogP contribution in [-0.4, -0.2) is 24.2 Å². The number of nitro groups is 1. The molecular formula is C22H28N2O6. The van der Waals surface area contributed by atoms with Gasteiger partial charge in [0.1, 0.15) is 11.5 Å². The van der Waals surface area contributed by atoms with E-state index in [1.54, 1.807) is 24.3 Å². The van der Waals surface area contributed by atoms with Crippen molar-refractivity contribution >= 4 is 11.8 Å². The number of carbonyl (C=O) groups is 1. The smallest absolute Gasteiger partial charge is 0.409 e. The van der Waals surface area contributed by atoms with Crippen molar-refractivity contribution in [2.24, 2.45) is 5.73 Å². The molecule has 0 saturated heterocycles. The molecular weight excluding hydrogens is 388 g/mol. The molecule has 2 aromatic rings. The van der Waals surface area contributed by atoms with E-state index in [9.17, 15) is 14.9 Å². The van der Waals surface area contributed by atoms with Gasteiger partial charge in [0.15, 0.2) is 5.75 Å². The Hall–Kier alpha value is -3.29. The van der Waals surface area contributed by atoms with Crippen LogP contribution in [-0.2, 0) is 6.42 Å². The first kappa shape index (κ1) is 23.0. The molecule has 0 unspecified atom stereocenters. The highest BCUT2D eigenvalue weighted by molar-refractivity contribution is 5.68. The largest absolute Gasteiger partial charge is 0.493 e. The molecule has 0 fully saturated rings. The molecule has 2 N–H and O–H groups in total. The molecule has 0 heterocycles. The number of amides is 1. The molecule has 2 aromatic carbocycles. The van der Waals surface area contributed by atoms with Crippen molar-refractivity contribution in [2.45, 2.75) is 46.0 Å². The molecule has 1 amide bonds. The third kappa shape index (κ3) is 6.65. The molecule has 0 aliphatic rings. The topological polar surface area (TPSA) is 114 Å². The summed E-state index contributed by atoms with van der Waals surface area (Å²) >= 11 is 0. The Morgan fingerprint density at radius 2 is 1.60 bits per heavy atom. The highest BCUT2D eigenvalue weighted by atomic mass is 16.6. The number of hydrogen-bond donors (Lipinski definition) is 1. The second-order valence-electron chi connectivity index (χ2n) is 6.79. The number of nitrogens with zero attached hydrogens (tertiary/aromatic N) is 1. The summed E-state index contributed by atoms with van der Waals surface area (Å²) in [5.74, 6) is 0.933. The lowest BCUT2D eigenvalue weighted by molar-refractivity contribution is -0.386. The molecule has 0 atom stereocenters. The highest BCUT2D eigenvalue weighted by Crippen LogP contribution is 2.37. The summed E-state index contributed by atoms with van der Waals surface area (Å²) in [4.78, 5) is 22.3. The van der Waals surface area contributed by atoms with Crippen molar-refractivity contribution in [1.29, 1.82) is 0 Å². The van der Waals surface area contributed by atoms with E-state index in [2.05, 4.69) is 0 Å². The van der Waals surface area contributed by atoms with Crippen LogP contribution < -0.4 is 19.9 Å². The van der Waals surface area contributed by atoms with Crippen molar-refractivity contribution in [3.63, 3.8) is 0 Å². The summed E-state index contributed by atoms with van der Waals surface area (Å²) in [6.07, 6.45) is 2.88. The Labute approximate surface area is 176 Å². The number of carbonyl (C=O) groups excluding carboxylic acids is 1. The van der Waals surface area contributed by atoms with Gasteiger partial charge < -0.3 is 19.9 Å². The molecule has 0 aromatic heterocycles. The number of ether oxygens (including phenoxy) is 3. The number of nitro benzene ring substituents is 1. The minimum Gasteiger partial charge on any atom is -0.493 e. The highest BCUT2D eigenvalue weighted by Gasteiger charge is 2.21. The number of benzene rings is 2. The Morgan fingerprint density at radius 1 is 0.967 bits per heavy atom. The van der Waals surface area contributed by atoms with Gasteiger partial charge in [0, 0.05) is 12.0 Å². The van der Waals surface area contributed by atoms with Crippen LogP contribution in [0.1, 0.15) is 50.7 Å². The Kier molecular flexibility index (Phi) is 8.93. The number of unbranched alkanes of at least 4 members (excludes halogenated alkanes) is 2. The van der Waals surface area contributed by atoms with Crippen molar-refractivity contribution in [1.82, 2.24) is 0 Å². The van der Waals surface area contributed by atoms with E-state index in [1.807, 2.05) is 19.9 Å². The normalized spacial score (nSPS) is 10.5. The first-order chi connectivity index (χ1) is 14.5.